The maximum atomic E-state index is 13.2. The summed E-state index contributed by atoms with van der Waals surface area (Å²) in [6.45, 7) is 7.51. The van der Waals surface area contributed by atoms with E-state index in [1.807, 2.05) is 32.0 Å². The van der Waals surface area contributed by atoms with Crippen LogP contribution in [0.5, 0.6) is 5.75 Å². The summed E-state index contributed by atoms with van der Waals surface area (Å²) in [7, 11) is 0. The van der Waals surface area contributed by atoms with E-state index in [0.717, 1.165) is 22.4 Å². The third kappa shape index (κ3) is 5.31. The van der Waals surface area contributed by atoms with Gasteiger partial charge in [-0.2, -0.15) is 0 Å². The van der Waals surface area contributed by atoms with Gasteiger partial charge in [-0.25, -0.2) is 4.39 Å². The van der Waals surface area contributed by atoms with E-state index in [2.05, 4.69) is 4.90 Å². The van der Waals surface area contributed by atoms with Crippen LogP contribution in [0, 0.1) is 19.7 Å². The monoisotopic (exact) mass is 456 g/mol. The summed E-state index contributed by atoms with van der Waals surface area (Å²) >= 11 is 6.14. The van der Waals surface area contributed by atoms with Gasteiger partial charge in [-0.05, 0) is 60.9 Å². The summed E-state index contributed by atoms with van der Waals surface area (Å²) in [6.07, 6.45) is 0. The topological polar surface area (TPSA) is 45.9 Å². The van der Waals surface area contributed by atoms with Gasteiger partial charge in [0, 0.05) is 37.7 Å². The average Bonchev–Trinajstić information content (AvgIpc) is 3.25. The van der Waals surface area contributed by atoms with Crippen LogP contribution in [0.4, 0.5) is 4.39 Å². The van der Waals surface area contributed by atoms with Gasteiger partial charge >= 0.3 is 0 Å². The summed E-state index contributed by atoms with van der Waals surface area (Å²) < 4.78 is 24.9. The Labute approximate surface area is 192 Å². The van der Waals surface area contributed by atoms with Crippen LogP contribution in [0.25, 0.3) is 0 Å². The Kier molecular flexibility index (Phi) is 6.82. The first-order valence-corrected chi connectivity index (χ1v) is 11.0. The molecule has 1 aliphatic rings. The van der Waals surface area contributed by atoms with Crippen LogP contribution in [-0.4, -0.2) is 41.9 Å². The summed E-state index contributed by atoms with van der Waals surface area (Å²) in [5.74, 6) is 1.28. The van der Waals surface area contributed by atoms with Crippen molar-refractivity contribution in [1.29, 1.82) is 0 Å². The molecule has 0 saturated carbocycles. The number of amides is 1. The van der Waals surface area contributed by atoms with Crippen molar-refractivity contribution in [1.82, 2.24) is 9.80 Å². The minimum Gasteiger partial charge on any atom is -0.485 e. The molecule has 1 aliphatic heterocycles. The van der Waals surface area contributed by atoms with E-state index in [0.29, 0.717) is 49.3 Å². The van der Waals surface area contributed by atoms with Gasteiger partial charge in [0.15, 0.2) is 5.76 Å². The van der Waals surface area contributed by atoms with E-state index >= 15 is 0 Å². The molecular formula is C25H26ClFN2O3. The van der Waals surface area contributed by atoms with E-state index in [-0.39, 0.29) is 18.3 Å². The molecule has 1 fully saturated rings. The molecule has 0 N–H and O–H groups in total. The summed E-state index contributed by atoms with van der Waals surface area (Å²) in [5.41, 5.74) is 3.06. The van der Waals surface area contributed by atoms with Gasteiger partial charge in [-0.15, -0.1) is 0 Å². The Morgan fingerprint density at radius 1 is 1.06 bits per heavy atom. The van der Waals surface area contributed by atoms with Gasteiger partial charge in [0.25, 0.3) is 5.91 Å². The molecule has 0 spiro atoms. The van der Waals surface area contributed by atoms with Crippen LogP contribution < -0.4 is 4.74 Å². The van der Waals surface area contributed by atoms with Gasteiger partial charge in [-0.1, -0.05) is 29.8 Å². The number of piperazine rings is 1. The lowest BCUT2D eigenvalue weighted by Crippen LogP contribution is -2.48. The summed E-state index contributed by atoms with van der Waals surface area (Å²) in [6, 6.07) is 14.0. The van der Waals surface area contributed by atoms with Crippen molar-refractivity contribution < 1.29 is 18.3 Å². The predicted molar refractivity (Wildman–Crippen MR) is 122 cm³/mol. The number of nitrogens with zero attached hydrogens (tertiary/aromatic N) is 2. The number of hydrogen-bond acceptors (Lipinski definition) is 4. The lowest BCUT2D eigenvalue weighted by molar-refractivity contribution is 0.0594. The first-order chi connectivity index (χ1) is 15.4. The van der Waals surface area contributed by atoms with Gasteiger partial charge in [0.2, 0.25) is 0 Å². The van der Waals surface area contributed by atoms with Crippen LogP contribution in [0.3, 0.4) is 0 Å². The van der Waals surface area contributed by atoms with Crippen molar-refractivity contribution in [2.24, 2.45) is 0 Å². The highest BCUT2D eigenvalue weighted by Gasteiger charge is 2.24. The number of aryl methyl sites for hydroxylation is 2. The fraction of sp³-hybridized carbons (Fsp3) is 0.320. The number of carbonyl (C=O) groups excluding carboxylic acids is 1. The molecule has 1 aromatic heterocycles. The second-order valence-electron chi connectivity index (χ2n) is 8.13. The van der Waals surface area contributed by atoms with Crippen LogP contribution >= 0.6 is 11.6 Å². The van der Waals surface area contributed by atoms with Crippen LogP contribution in [0.1, 0.15) is 33.0 Å². The molecule has 0 radical (unpaired) electrons. The van der Waals surface area contributed by atoms with E-state index < -0.39 is 0 Å². The van der Waals surface area contributed by atoms with E-state index in [9.17, 15) is 9.18 Å². The van der Waals surface area contributed by atoms with E-state index in [4.69, 9.17) is 20.8 Å². The smallest absolute Gasteiger partial charge is 0.289 e. The molecule has 1 amide bonds. The Bertz CT molecular complexity index is 1110. The average molecular weight is 457 g/mol. The molecule has 5 nitrogen and oxygen atoms in total. The van der Waals surface area contributed by atoms with Crippen LogP contribution in [-0.2, 0) is 13.2 Å². The van der Waals surface area contributed by atoms with Crippen molar-refractivity contribution in [3.8, 4) is 5.75 Å². The zero-order valence-corrected chi connectivity index (χ0v) is 19.0. The van der Waals surface area contributed by atoms with E-state index in [1.165, 1.54) is 12.1 Å². The second kappa shape index (κ2) is 9.76. The predicted octanol–water partition coefficient (Wildman–Crippen LogP) is 5.23. The largest absolute Gasteiger partial charge is 0.485 e. The third-order valence-electron chi connectivity index (χ3n) is 5.65. The van der Waals surface area contributed by atoms with Crippen LogP contribution in [0.2, 0.25) is 5.02 Å². The fourth-order valence-electron chi connectivity index (χ4n) is 3.74. The minimum absolute atomic E-state index is 0.123. The maximum absolute atomic E-state index is 13.2. The summed E-state index contributed by atoms with van der Waals surface area (Å²) in [5, 5.41) is 0.426. The SMILES string of the molecule is Cc1ccc(C)c(OCc2ccc(C(=O)N3CCN(Cc4ccc(F)cc4Cl)CC3)o2)c1. The van der Waals surface area contributed by atoms with Crippen molar-refractivity contribution in [3.05, 3.63) is 87.6 Å². The highest BCUT2D eigenvalue weighted by atomic mass is 35.5. The molecular weight excluding hydrogens is 431 g/mol. The number of rotatable bonds is 6. The van der Waals surface area contributed by atoms with Crippen molar-refractivity contribution >= 4 is 17.5 Å². The molecule has 1 saturated heterocycles. The lowest BCUT2D eigenvalue weighted by atomic mass is 10.1. The molecule has 2 aromatic carbocycles. The fourth-order valence-corrected chi connectivity index (χ4v) is 3.96. The Morgan fingerprint density at radius 2 is 1.84 bits per heavy atom. The van der Waals surface area contributed by atoms with Crippen molar-refractivity contribution in [2.45, 2.75) is 27.0 Å². The minimum atomic E-state index is -0.341. The lowest BCUT2D eigenvalue weighted by Gasteiger charge is -2.34. The first kappa shape index (κ1) is 22.4. The quantitative estimate of drug-likeness (QED) is 0.509. The molecule has 0 aliphatic carbocycles. The molecule has 168 valence electrons. The normalized spacial score (nSPS) is 14.6. The van der Waals surface area contributed by atoms with E-state index in [1.54, 1.807) is 23.1 Å². The Balaban J connectivity index is 1.30. The third-order valence-corrected chi connectivity index (χ3v) is 6.01. The Morgan fingerprint density at radius 3 is 2.59 bits per heavy atom. The number of halogens is 2. The first-order valence-electron chi connectivity index (χ1n) is 10.6. The van der Waals surface area contributed by atoms with Crippen molar-refractivity contribution in [2.75, 3.05) is 26.2 Å². The highest BCUT2D eigenvalue weighted by molar-refractivity contribution is 6.31. The molecule has 32 heavy (non-hydrogen) atoms. The van der Waals surface area contributed by atoms with Gasteiger partial charge < -0.3 is 14.1 Å². The number of ether oxygens (including phenoxy) is 1. The molecule has 3 aromatic rings. The van der Waals surface area contributed by atoms with Gasteiger partial charge in [0.1, 0.15) is 23.9 Å². The highest BCUT2D eigenvalue weighted by Crippen LogP contribution is 2.22. The zero-order chi connectivity index (χ0) is 22.7. The molecule has 0 atom stereocenters. The number of hydrogen-bond donors (Lipinski definition) is 0. The molecule has 0 bridgehead atoms. The zero-order valence-electron chi connectivity index (χ0n) is 18.2. The molecule has 7 heteroatoms. The number of furan rings is 1. The van der Waals surface area contributed by atoms with Gasteiger partial charge in [0.05, 0.1) is 0 Å². The summed E-state index contributed by atoms with van der Waals surface area (Å²) in [4.78, 5) is 16.8. The van der Waals surface area contributed by atoms with Gasteiger partial charge in [-0.3, -0.25) is 9.69 Å². The number of benzene rings is 2. The van der Waals surface area contributed by atoms with Crippen LogP contribution in [0.15, 0.2) is 52.9 Å². The molecule has 4 rings (SSSR count). The molecule has 0 unspecified atom stereocenters. The standard InChI is InChI=1S/C25H26ClFN2O3/c1-17-3-4-18(2)24(13-17)31-16-21-7-8-23(32-21)25(30)29-11-9-28(10-12-29)15-19-5-6-20(27)14-22(19)26/h3-8,13-14H,9-12,15-16H2,1-2H3. The number of carbonyl (C=O) groups is 1. The maximum Gasteiger partial charge on any atom is 0.289 e. The Hall–Kier alpha value is -2.83. The van der Waals surface area contributed by atoms with Crippen molar-refractivity contribution in [3.63, 3.8) is 0 Å². The second-order valence-corrected chi connectivity index (χ2v) is 8.53. The molecule has 2 heterocycles.